The lowest BCUT2D eigenvalue weighted by atomic mass is 10.1. The summed E-state index contributed by atoms with van der Waals surface area (Å²) in [5.41, 5.74) is 5.42. The minimum atomic E-state index is -4.15. The fourth-order valence-corrected chi connectivity index (χ4v) is 2.09. The fraction of sp³-hybridized carbons (Fsp3) is 0.889. The summed E-state index contributed by atoms with van der Waals surface area (Å²) in [7, 11) is 0. The van der Waals surface area contributed by atoms with Crippen molar-refractivity contribution in [3.8, 4) is 0 Å². The van der Waals surface area contributed by atoms with Gasteiger partial charge in [0, 0.05) is 11.2 Å². The second-order valence-corrected chi connectivity index (χ2v) is 5.74. The first kappa shape index (κ1) is 15.6. The number of rotatable bonds is 6. The molecule has 0 saturated carbocycles. The van der Waals surface area contributed by atoms with Crippen molar-refractivity contribution in [3.05, 3.63) is 0 Å². The number of hydrogen-bond donors (Lipinski definition) is 2. The number of aliphatic carboxylic acids is 1. The minimum absolute atomic E-state index is 0.0239. The summed E-state index contributed by atoms with van der Waals surface area (Å²) in [6.45, 7) is 3.23. The van der Waals surface area contributed by atoms with Crippen LogP contribution in [-0.2, 0) is 4.79 Å². The zero-order valence-corrected chi connectivity index (χ0v) is 9.99. The maximum Gasteiger partial charge on any atom is 0.389 e. The van der Waals surface area contributed by atoms with Crippen LogP contribution in [0.5, 0.6) is 0 Å². The van der Waals surface area contributed by atoms with E-state index in [9.17, 15) is 18.0 Å². The average molecular weight is 259 g/mol. The van der Waals surface area contributed by atoms with E-state index >= 15 is 0 Å². The smallest absolute Gasteiger partial charge is 0.389 e. The molecule has 7 heteroatoms. The number of halogens is 3. The van der Waals surface area contributed by atoms with Gasteiger partial charge in [-0.3, -0.25) is 4.79 Å². The van der Waals surface area contributed by atoms with E-state index in [0.717, 1.165) is 11.8 Å². The molecule has 0 aliphatic carbocycles. The number of alkyl halides is 3. The van der Waals surface area contributed by atoms with Crippen molar-refractivity contribution in [1.29, 1.82) is 0 Å². The molecule has 0 bridgehead atoms. The molecule has 0 heterocycles. The fourth-order valence-electron chi connectivity index (χ4n) is 0.995. The molecule has 16 heavy (non-hydrogen) atoms. The topological polar surface area (TPSA) is 63.3 Å². The normalized spacial score (nSPS) is 14.9. The highest BCUT2D eigenvalue weighted by Crippen LogP contribution is 2.30. The van der Waals surface area contributed by atoms with Gasteiger partial charge in [0.2, 0.25) is 0 Å². The van der Waals surface area contributed by atoms with E-state index < -0.39 is 29.4 Å². The molecule has 0 aromatic heterocycles. The van der Waals surface area contributed by atoms with E-state index in [-0.39, 0.29) is 12.2 Å². The van der Waals surface area contributed by atoms with Crippen LogP contribution < -0.4 is 5.73 Å². The van der Waals surface area contributed by atoms with Crippen LogP contribution in [0.3, 0.4) is 0 Å². The van der Waals surface area contributed by atoms with E-state index in [1.807, 2.05) is 0 Å². The second kappa shape index (κ2) is 5.77. The summed E-state index contributed by atoms with van der Waals surface area (Å²) >= 11 is 1.15. The molecule has 0 saturated heterocycles. The van der Waals surface area contributed by atoms with Gasteiger partial charge in [-0.2, -0.15) is 24.9 Å². The lowest BCUT2D eigenvalue weighted by Crippen LogP contribution is -2.46. The Morgan fingerprint density at radius 3 is 2.31 bits per heavy atom. The summed E-state index contributed by atoms with van der Waals surface area (Å²) in [5, 5.41) is 8.69. The molecule has 3 N–H and O–H groups in total. The number of hydrogen-bond acceptors (Lipinski definition) is 3. The van der Waals surface area contributed by atoms with Gasteiger partial charge < -0.3 is 10.8 Å². The molecule has 0 aliphatic heterocycles. The summed E-state index contributed by atoms with van der Waals surface area (Å²) < 4.78 is 34.7. The summed E-state index contributed by atoms with van der Waals surface area (Å²) in [6.07, 6.45) is -5.03. The van der Waals surface area contributed by atoms with Gasteiger partial charge in [0.25, 0.3) is 0 Å². The predicted molar refractivity (Wildman–Crippen MR) is 57.4 cm³/mol. The Morgan fingerprint density at radius 1 is 1.44 bits per heavy atom. The third-order valence-corrected chi connectivity index (χ3v) is 3.58. The van der Waals surface area contributed by atoms with Gasteiger partial charge in [0.05, 0.1) is 0 Å². The highest BCUT2D eigenvalue weighted by atomic mass is 32.2. The van der Waals surface area contributed by atoms with Gasteiger partial charge in [0.1, 0.15) is 6.04 Å². The number of nitrogens with two attached hydrogens (primary N) is 1. The molecular weight excluding hydrogens is 243 g/mol. The SMILES string of the molecule is CC(C)(SCCCC(F)(F)F)[C@@H](N)C(=O)O. The first-order valence-electron chi connectivity index (χ1n) is 4.75. The highest BCUT2D eigenvalue weighted by molar-refractivity contribution is 8.00. The largest absolute Gasteiger partial charge is 0.480 e. The van der Waals surface area contributed by atoms with Crippen molar-refractivity contribution in [2.45, 2.75) is 43.7 Å². The maximum absolute atomic E-state index is 11.8. The van der Waals surface area contributed by atoms with Gasteiger partial charge in [-0.25, -0.2) is 0 Å². The van der Waals surface area contributed by atoms with Crippen molar-refractivity contribution < 1.29 is 23.1 Å². The number of carbonyl (C=O) groups is 1. The Labute approximate surface area is 96.6 Å². The zero-order chi connectivity index (χ0) is 13.0. The molecule has 0 aromatic carbocycles. The van der Waals surface area contributed by atoms with Crippen LogP contribution in [0.1, 0.15) is 26.7 Å². The monoisotopic (exact) mass is 259 g/mol. The third-order valence-electron chi connectivity index (χ3n) is 2.09. The van der Waals surface area contributed by atoms with E-state index in [1.54, 1.807) is 13.8 Å². The molecule has 0 radical (unpaired) electrons. The summed E-state index contributed by atoms with van der Waals surface area (Å²) in [5.74, 6) is -0.902. The molecule has 0 aliphatic rings. The van der Waals surface area contributed by atoms with Crippen LogP contribution in [0.4, 0.5) is 13.2 Å². The van der Waals surface area contributed by atoms with Crippen molar-refractivity contribution in [3.63, 3.8) is 0 Å². The highest BCUT2D eigenvalue weighted by Gasteiger charge is 2.33. The first-order chi connectivity index (χ1) is 7.06. The predicted octanol–water partition coefficient (Wildman–Crippen LogP) is 2.25. The van der Waals surface area contributed by atoms with Gasteiger partial charge in [-0.1, -0.05) is 0 Å². The Kier molecular flexibility index (Phi) is 5.61. The molecule has 0 unspecified atom stereocenters. The third kappa shape index (κ3) is 6.22. The molecule has 0 spiro atoms. The van der Waals surface area contributed by atoms with Crippen LogP contribution in [0.2, 0.25) is 0 Å². The molecule has 1 atom stereocenters. The average Bonchev–Trinajstić information content (AvgIpc) is 2.09. The molecule has 0 aromatic rings. The van der Waals surface area contributed by atoms with Gasteiger partial charge in [0.15, 0.2) is 0 Å². The van der Waals surface area contributed by atoms with Crippen LogP contribution in [0.15, 0.2) is 0 Å². The Morgan fingerprint density at radius 2 is 1.94 bits per heavy atom. The van der Waals surface area contributed by atoms with Gasteiger partial charge >= 0.3 is 12.1 Å². The van der Waals surface area contributed by atoms with Crippen LogP contribution >= 0.6 is 11.8 Å². The molecular formula is C9H16F3NO2S. The van der Waals surface area contributed by atoms with Crippen molar-refractivity contribution >= 4 is 17.7 Å². The second-order valence-electron chi connectivity index (χ2n) is 3.99. The lowest BCUT2D eigenvalue weighted by molar-refractivity contribution is -0.139. The van der Waals surface area contributed by atoms with Crippen LogP contribution in [0.25, 0.3) is 0 Å². The Bertz CT molecular complexity index is 243. The van der Waals surface area contributed by atoms with Crippen molar-refractivity contribution in [1.82, 2.24) is 0 Å². The summed E-state index contributed by atoms with van der Waals surface area (Å²) in [6, 6.07) is -1.08. The van der Waals surface area contributed by atoms with Crippen molar-refractivity contribution in [2.24, 2.45) is 5.73 Å². The van der Waals surface area contributed by atoms with Crippen molar-refractivity contribution in [2.75, 3.05) is 5.75 Å². The van der Waals surface area contributed by atoms with E-state index in [2.05, 4.69) is 0 Å². The minimum Gasteiger partial charge on any atom is -0.480 e. The van der Waals surface area contributed by atoms with Crippen LogP contribution in [-0.4, -0.2) is 33.8 Å². The van der Waals surface area contributed by atoms with E-state index in [0.29, 0.717) is 0 Å². The Balaban J connectivity index is 3.96. The number of thioether (sulfide) groups is 1. The summed E-state index contributed by atoms with van der Waals surface area (Å²) in [4.78, 5) is 10.6. The maximum atomic E-state index is 11.8. The number of carboxylic acids is 1. The standard InChI is InChI=1S/C9H16F3NO2S/c1-8(2,6(13)7(14)15)16-5-3-4-9(10,11)12/h6H,3-5,13H2,1-2H3,(H,14,15)/t6-/m0/s1. The lowest BCUT2D eigenvalue weighted by Gasteiger charge is -2.28. The quantitative estimate of drug-likeness (QED) is 0.718. The van der Waals surface area contributed by atoms with Gasteiger partial charge in [-0.05, 0) is 26.0 Å². The molecule has 0 fully saturated rings. The molecule has 0 amide bonds. The Hall–Kier alpha value is -0.430. The van der Waals surface area contributed by atoms with E-state index in [4.69, 9.17) is 10.8 Å². The molecule has 3 nitrogen and oxygen atoms in total. The molecule has 96 valence electrons. The first-order valence-corrected chi connectivity index (χ1v) is 5.74. The zero-order valence-electron chi connectivity index (χ0n) is 9.17. The van der Waals surface area contributed by atoms with E-state index in [1.165, 1.54) is 0 Å². The molecule has 0 rings (SSSR count). The van der Waals surface area contributed by atoms with Crippen LogP contribution in [0, 0.1) is 0 Å². The van der Waals surface area contributed by atoms with Gasteiger partial charge in [-0.15, -0.1) is 0 Å². The number of carboxylic acid groups (broad SMARTS) is 1.